The van der Waals surface area contributed by atoms with E-state index in [1.54, 1.807) is 6.20 Å². The first-order chi connectivity index (χ1) is 12.7. The molecule has 1 aliphatic rings. The number of aryl methyl sites for hydroxylation is 2. The molecule has 5 nitrogen and oxygen atoms in total. The van der Waals surface area contributed by atoms with Gasteiger partial charge >= 0.3 is 0 Å². The Balaban J connectivity index is 1.48. The summed E-state index contributed by atoms with van der Waals surface area (Å²) in [6.45, 7) is 0.558. The largest absolute Gasteiger partial charge is 0.352 e. The van der Waals surface area contributed by atoms with E-state index in [0.29, 0.717) is 22.8 Å². The summed E-state index contributed by atoms with van der Waals surface area (Å²) < 4.78 is 1.86. The number of hydrogen-bond donors (Lipinski definition) is 1. The van der Waals surface area contributed by atoms with Crippen LogP contribution < -0.4 is 5.32 Å². The van der Waals surface area contributed by atoms with Gasteiger partial charge in [0.2, 0.25) is 0 Å². The SMILES string of the molecule is O=C(NCCc1ccc(Cl)cc1)c1cnn2c3c(cnc12)CCCCC3. The summed E-state index contributed by atoms with van der Waals surface area (Å²) in [6.07, 6.45) is 9.93. The van der Waals surface area contributed by atoms with Gasteiger partial charge in [-0.2, -0.15) is 5.10 Å². The van der Waals surface area contributed by atoms with Crippen LogP contribution in [0.2, 0.25) is 5.02 Å². The van der Waals surface area contributed by atoms with Gasteiger partial charge in [-0.3, -0.25) is 4.79 Å². The molecular weight excluding hydrogens is 348 g/mol. The van der Waals surface area contributed by atoms with Crippen molar-refractivity contribution in [3.8, 4) is 0 Å². The van der Waals surface area contributed by atoms with Gasteiger partial charge in [0.1, 0.15) is 5.56 Å². The number of hydrogen-bond acceptors (Lipinski definition) is 3. The highest BCUT2D eigenvalue weighted by Crippen LogP contribution is 2.21. The lowest BCUT2D eigenvalue weighted by molar-refractivity contribution is 0.0955. The van der Waals surface area contributed by atoms with Crippen LogP contribution in [0.3, 0.4) is 0 Å². The van der Waals surface area contributed by atoms with E-state index in [1.165, 1.54) is 24.1 Å². The van der Waals surface area contributed by atoms with Crippen LogP contribution in [0, 0.1) is 0 Å². The summed E-state index contributed by atoms with van der Waals surface area (Å²) in [7, 11) is 0. The number of carbonyl (C=O) groups is 1. The number of carbonyl (C=O) groups excluding carboxylic acids is 1. The van der Waals surface area contributed by atoms with Crippen LogP contribution in [0.4, 0.5) is 0 Å². The molecule has 4 rings (SSSR count). The molecule has 6 heteroatoms. The number of nitrogens with zero attached hydrogens (tertiary/aromatic N) is 3. The summed E-state index contributed by atoms with van der Waals surface area (Å²) in [4.78, 5) is 17.1. The number of rotatable bonds is 4. The van der Waals surface area contributed by atoms with Crippen molar-refractivity contribution in [2.75, 3.05) is 6.54 Å². The van der Waals surface area contributed by atoms with Crippen molar-refractivity contribution in [2.45, 2.75) is 38.5 Å². The lowest BCUT2D eigenvalue weighted by Crippen LogP contribution is -2.25. The molecule has 0 atom stereocenters. The Morgan fingerprint density at radius 3 is 2.77 bits per heavy atom. The molecule has 0 fully saturated rings. The molecule has 1 aromatic carbocycles. The summed E-state index contributed by atoms with van der Waals surface area (Å²) in [5, 5.41) is 8.13. The smallest absolute Gasteiger partial charge is 0.256 e. The van der Waals surface area contributed by atoms with E-state index in [-0.39, 0.29) is 5.91 Å². The Hall–Kier alpha value is -2.40. The van der Waals surface area contributed by atoms with E-state index in [0.717, 1.165) is 31.2 Å². The normalized spacial score (nSPS) is 14.0. The molecule has 0 saturated heterocycles. The highest BCUT2D eigenvalue weighted by atomic mass is 35.5. The third kappa shape index (κ3) is 3.44. The Bertz CT molecular complexity index is 933. The zero-order chi connectivity index (χ0) is 17.9. The predicted octanol–water partition coefficient (Wildman–Crippen LogP) is 3.62. The molecule has 1 amide bonds. The van der Waals surface area contributed by atoms with Crippen molar-refractivity contribution < 1.29 is 4.79 Å². The zero-order valence-electron chi connectivity index (χ0n) is 14.5. The van der Waals surface area contributed by atoms with Gasteiger partial charge in [0.05, 0.1) is 6.20 Å². The number of aromatic nitrogens is 3. The van der Waals surface area contributed by atoms with Crippen LogP contribution in [0.25, 0.3) is 5.65 Å². The monoisotopic (exact) mass is 368 g/mol. The van der Waals surface area contributed by atoms with E-state index in [2.05, 4.69) is 15.4 Å². The van der Waals surface area contributed by atoms with Gasteiger partial charge in [-0.1, -0.05) is 30.2 Å². The third-order valence-electron chi connectivity index (χ3n) is 4.93. The molecule has 0 saturated carbocycles. The van der Waals surface area contributed by atoms with Gasteiger partial charge in [0.25, 0.3) is 5.91 Å². The summed E-state index contributed by atoms with van der Waals surface area (Å²) in [5.41, 5.74) is 4.78. The third-order valence-corrected chi connectivity index (χ3v) is 5.18. The van der Waals surface area contributed by atoms with Crippen molar-refractivity contribution in [3.05, 3.63) is 64.1 Å². The first kappa shape index (κ1) is 17.0. The average molecular weight is 369 g/mol. The van der Waals surface area contributed by atoms with E-state index in [4.69, 9.17) is 11.6 Å². The minimum atomic E-state index is -0.130. The molecule has 0 aliphatic heterocycles. The molecule has 1 N–H and O–H groups in total. The number of amides is 1. The molecule has 26 heavy (non-hydrogen) atoms. The number of nitrogens with one attached hydrogen (secondary N) is 1. The minimum absolute atomic E-state index is 0.130. The quantitative estimate of drug-likeness (QED) is 0.715. The van der Waals surface area contributed by atoms with Gasteiger partial charge in [-0.15, -0.1) is 0 Å². The predicted molar refractivity (Wildman–Crippen MR) is 102 cm³/mol. The van der Waals surface area contributed by atoms with Crippen LogP contribution in [0.5, 0.6) is 0 Å². The fourth-order valence-electron chi connectivity index (χ4n) is 3.50. The molecular formula is C20H21ClN4O. The number of halogens is 1. The molecule has 0 unspecified atom stereocenters. The van der Waals surface area contributed by atoms with Crippen molar-refractivity contribution in [3.63, 3.8) is 0 Å². The van der Waals surface area contributed by atoms with Crippen molar-refractivity contribution in [2.24, 2.45) is 0 Å². The van der Waals surface area contributed by atoms with E-state index in [9.17, 15) is 4.79 Å². The maximum Gasteiger partial charge on any atom is 0.256 e. The van der Waals surface area contributed by atoms with E-state index >= 15 is 0 Å². The summed E-state index contributed by atoms with van der Waals surface area (Å²) >= 11 is 5.89. The second-order valence-corrected chi connectivity index (χ2v) is 7.15. The average Bonchev–Trinajstić information content (AvgIpc) is 2.94. The molecule has 0 bridgehead atoms. The lowest BCUT2D eigenvalue weighted by atomic mass is 10.1. The molecule has 1 aliphatic carbocycles. The molecule has 3 aromatic rings. The zero-order valence-corrected chi connectivity index (χ0v) is 15.3. The van der Waals surface area contributed by atoms with Gasteiger partial charge in [0, 0.05) is 23.5 Å². The maximum atomic E-state index is 12.6. The van der Waals surface area contributed by atoms with Gasteiger partial charge < -0.3 is 5.32 Å². The lowest BCUT2D eigenvalue weighted by Gasteiger charge is -2.08. The topological polar surface area (TPSA) is 59.3 Å². The molecule has 0 radical (unpaired) electrons. The van der Waals surface area contributed by atoms with Crippen molar-refractivity contribution >= 4 is 23.2 Å². The van der Waals surface area contributed by atoms with Crippen molar-refractivity contribution in [1.82, 2.24) is 19.9 Å². The van der Waals surface area contributed by atoms with Crippen molar-refractivity contribution in [1.29, 1.82) is 0 Å². The summed E-state index contributed by atoms with van der Waals surface area (Å²) in [6, 6.07) is 7.67. The first-order valence-electron chi connectivity index (χ1n) is 9.09. The molecule has 2 aromatic heterocycles. The number of fused-ring (bicyclic) bond motifs is 3. The number of benzene rings is 1. The van der Waals surface area contributed by atoms with Gasteiger partial charge in [-0.25, -0.2) is 9.50 Å². The standard InChI is InChI=1S/C20H21ClN4O/c21-16-8-6-14(7-9-16)10-11-22-20(26)17-13-24-25-18-5-3-1-2-4-15(18)12-23-19(17)25/h6-9,12-13H,1-5,10-11H2,(H,22,26). The van der Waals surface area contributed by atoms with E-state index < -0.39 is 0 Å². The van der Waals surface area contributed by atoms with Crippen LogP contribution in [-0.2, 0) is 19.3 Å². The fraction of sp³-hybridized carbons (Fsp3) is 0.350. The van der Waals surface area contributed by atoms with Crippen LogP contribution in [0.15, 0.2) is 36.7 Å². The Morgan fingerprint density at radius 2 is 1.92 bits per heavy atom. The van der Waals surface area contributed by atoms with Crippen LogP contribution in [-0.4, -0.2) is 27.0 Å². The Labute approximate surface area is 157 Å². The molecule has 134 valence electrons. The Morgan fingerprint density at radius 1 is 1.12 bits per heavy atom. The maximum absolute atomic E-state index is 12.6. The highest BCUT2D eigenvalue weighted by molar-refractivity contribution is 6.30. The fourth-order valence-corrected chi connectivity index (χ4v) is 3.63. The van der Waals surface area contributed by atoms with E-state index in [1.807, 2.05) is 35.0 Å². The molecule has 0 spiro atoms. The second-order valence-electron chi connectivity index (χ2n) is 6.72. The summed E-state index contributed by atoms with van der Waals surface area (Å²) in [5.74, 6) is -0.130. The second kappa shape index (κ2) is 7.46. The highest BCUT2D eigenvalue weighted by Gasteiger charge is 2.18. The first-order valence-corrected chi connectivity index (χ1v) is 9.47. The van der Waals surface area contributed by atoms with Crippen LogP contribution in [0.1, 0.15) is 46.4 Å². The molecule has 2 heterocycles. The van der Waals surface area contributed by atoms with Gasteiger partial charge in [-0.05, 0) is 55.4 Å². The minimum Gasteiger partial charge on any atom is -0.352 e. The van der Waals surface area contributed by atoms with Crippen LogP contribution >= 0.6 is 11.6 Å². The van der Waals surface area contributed by atoms with Gasteiger partial charge in [0.15, 0.2) is 5.65 Å². The Kier molecular flexibility index (Phi) is 4.89.